The predicted molar refractivity (Wildman–Crippen MR) is 103 cm³/mol. The largest absolute Gasteiger partial charge is 0.348 e. The summed E-state index contributed by atoms with van der Waals surface area (Å²) in [7, 11) is 0. The van der Waals surface area contributed by atoms with Gasteiger partial charge in [-0.25, -0.2) is 0 Å². The molecule has 0 radical (unpaired) electrons. The van der Waals surface area contributed by atoms with Gasteiger partial charge < -0.3 is 5.32 Å². The number of hydrogen-bond acceptors (Lipinski definition) is 4. The van der Waals surface area contributed by atoms with E-state index in [0.717, 1.165) is 16.2 Å². The smallest absolute Gasteiger partial charge is 0.252 e. The van der Waals surface area contributed by atoms with Crippen LogP contribution in [0.5, 0.6) is 0 Å². The van der Waals surface area contributed by atoms with Crippen LogP contribution in [0.2, 0.25) is 0 Å². The van der Waals surface area contributed by atoms with Crippen molar-refractivity contribution in [3.8, 4) is 6.07 Å². The number of nitriles is 1. The van der Waals surface area contributed by atoms with Crippen LogP contribution in [0.3, 0.4) is 0 Å². The van der Waals surface area contributed by atoms with Gasteiger partial charge in [-0.2, -0.15) is 5.26 Å². The average molecular weight is 364 g/mol. The van der Waals surface area contributed by atoms with Crippen LogP contribution in [-0.2, 0) is 12.3 Å². The number of carbonyl (C=O) groups is 1. The summed E-state index contributed by atoms with van der Waals surface area (Å²) in [6.45, 7) is 0.439. The van der Waals surface area contributed by atoms with Crippen molar-refractivity contribution >= 4 is 29.0 Å². The number of nitrogens with one attached hydrogen (secondary N) is 1. The van der Waals surface area contributed by atoms with Crippen molar-refractivity contribution in [2.45, 2.75) is 17.2 Å². The molecule has 2 aromatic carbocycles. The fourth-order valence-electron chi connectivity index (χ4n) is 2.30. The minimum absolute atomic E-state index is 0.0846. The van der Waals surface area contributed by atoms with Gasteiger partial charge in [-0.3, -0.25) is 4.79 Å². The van der Waals surface area contributed by atoms with Crippen molar-refractivity contribution < 1.29 is 4.79 Å². The van der Waals surface area contributed by atoms with Gasteiger partial charge in [0.25, 0.3) is 5.91 Å². The quantitative estimate of drug-likeness (QED) is 0.637. The molecule has 0 unspecified atom stereocenters. The second kappa shape index (κ2) is 8.52. The lowest BCUT2D eigenvalue weighted by Gasteiger charge is -2.10. The minimum atomic E-state index is -0.0846. The Morgan fingerprint density at radius 3 is 2.60 bits per heavy atom. The summed E-state index contributed by atoms with van der Waals surface area (Å²) in [5.74, 6) is 0.774. The van der Waals surface area contributed by atoms with E-state index < -0.39 is 0 Å². The number of thioether (sulfide) groups is 1. The van der Waals surface area contributed by atoms with Crippen LogP contribution in [-0.4, -0.2) is 5.91 Å². The molecule has 0 aliphatic rings. The van der Waals surface area contributed by atoms with Gasteiger partial charge in [0.15, 0.2) is 0 Å². The van der Waals surface area contributed by atoms with Crippen molar-refractivity contribution in [3.63, 3.8) is 0 Å². The molecule has 0 atom stereocenters. The maximum absolute atomic E-state index is 12.5. The first-order valence-corrected chi connectivity index (χ1v) is 9.64. The molecule has 25 heavy (non-hydrogen) atoms. The molecule has 1 amide bonds. The number of nitrogens with zero attached hydrogens (tertiary/aromatic N) is 1. The molecule has 0 aliphatic heterocycles. The number of thiophene rings is 1. The van der Waals surface area contributed by atoms with Gasteiger partial charge in [-0.1, -0.05) is 30.3 Å². The van der Waals surface area contributed by atoms with Gasteiger partial charge in [0.05, 0.1) is 17.2 Å². The van der Waals surface area contributed by atoms with E-state index >= 15 is 0 Å². The third kappa shape index (κ3) is 4.72. The molecule has 5 heteroatoms. The van der Waals surface area contributed by atoms with E-state index in [1.807, 2.05) is 42.5 Å². The first-order valence-electron chi connectivity index (χ1n) is 7.78. The second-order valence-electron chi connectivity index (χ2n) is 5.36. The molecule has 0 bridgehead atoms. The van der Waals surface area contributed by atoms with Crippen LogP contribution in [0.4, 0.5) is 0 Å². The van der Waals surface area contributed by atoms with Crippen LogP contribution in [0.1, 0.15) is 26.4 Å². The van der Waals surface area contributed by atoms with Gasteiger partial charge in [0.1, 0.15) is 0 Å². The zero-order valence-electron chi connectivity index (χ0n) is 13.4. The fraction of sp³-hybridized carbons (Fsp3) is 0.100. The molecule has 0 saturated carbocycles. The van der Waals surface area contributed by atoms with Gasteiger partial charge in [-0.15, -0.1) is 23.1 Å². The third-order valence-electron chi connectivity index (χ3n) is 3.62. The summed E-state index contributed by atoms with van der Waals surface area (Å²) in [6, 6.07) is 21.1. The SMILES string of the molecule is N#Cc1ccc(CNC(=O)c2ccccc2SCc2cccs2)cc1. The lowest BCUT2D eigenvalue weighted by atomic mass is 10.1. The van der Waals surface area contributed by atoms with Crippen molar-refractivity contribution in [2.75, 3.05) is 0 Å². The third-order valence-corrected chi connectivity index (χ3v) is 5.80. The fourth-order valence-corrected chi connectivity index (χ4v) is 4.12. The number of carbonyl (C=O) groups excluding carboxylic acids is 1. The summed E-state index contributed by atoms with van der Waals surface area (Å²) >= 11 is 3.40. The Bertz CT molecular complexity index is 881. The predicted octanol–water partition coefficient (Wildman–Crippen LogP) is 4.84. The Labute approximate surface area is 155 Å². The highest BCUT2D eigenvalue weighted by Gasteiger charge is 2.11. The highest BCUT2D eigenvalue weighted by molar-refractivity contribution is 7.98. The molecule has 3 aromatic rings. The Balaban J connectivity index is 1.64. The molecular formula is C20H16N2OS2. The molecule has 3 nitrogen and oxygen atoms in total. The molecule has 1 heterocycles. The summed E-state index contributed by atoms with van der Waals surface area (Å²) in [4.78, 5) is 14.8. The van der Waals surface area contributed by atoms with Crippen LogP contribution in [0, 0.1) is 11.3 Å². The number of amides is 1. The van der Waals surface area contributed by atoms with Gasteiger partial charge in [0.2, 0.25) is 0 Å². The van der Waals surface area contributed by atoms with E-state index in [1.54, 1.807) is 35.2 Å². The van der Waals surface area contributed by atoms with E-state index in [2.05, 4.69) is 22.8 Å². The first-order chi connectivity index (χ1) is 12.3. The van der Waals surface area contributed by atoms with Crippen molar-refractivity contribution in [2.24, 2.45) is 0 Å². The number of rotatable bonds is 6. The van der Waals surface area contributed by atoms with Crippen molar-refractivity contribution in [1.82, 2.24) is 5.32 Å². The monoisotopic (exact) mass is 364 g/mol. The highest BCUT2D eigenvalue weighted by Crippen LogP contribution is 2.28. The van der Waals surface area contributed by atoms with Gasteiger partial charge >= 0.3 is 0 Å². The number of benzene rings is 2. The Morgan fingerprint density at radius 1 is 1.08 bits per heavy atom. The molecule has 0 spiro atoms. The minimum Gasteiger partial charge on any atom is -0.348 e. The standard InChI is InChI=1S/C20H16N2OS2/c21-12-15-7-9-16(10-8-15)13-22-20(23)18-5-1-2-6-19(18)25-14-17-4-3-11-24-17/h1-11H,13-14H2,(H,22,23). The molecule has 3 rings (SSSR count). The van der Waals surface area contributed by atoms with E-state index in [0.29, 0.717) is 17.7 Å². The van der Waals surface area contributed by atoms with Gasteiger partial charge in [-0.05, 0) is 41.3 Å². The molecule has 1 N–H and O–H groups in total. The van der Waals surface area contributed by atoms with Crippen LogP contribution < -0.4 is 5.32 Å². The van der Waals surface area contributed by atoms with E-state index in [9.17, 15) is 4.79 Å². The average Bonchev–Trinajstić information content (AvgIpc) is 3.18. The normalized spacial score (nSPS) is 10.2. The van der Waals surface area contributed by atoms with Crippen LogP contribution >= 0.6 is 23.1 Å². The molecule has 1 aromatic heterocycles. The Kier molecular flexibility index (Phi) is 5.89. The molecule has 0 fully saturated rings. The lowest BCUT2D eigenvalue weighted by molar-refractivity contribution is 0.0948. The van der Waals surface area contributed by atoms with Crippen LogP contribution in [0.25, 0.3) is 0 Å². The van der Waals surface area contributed by atoms with Crippen molar-refractivity contribution in [3.05, 3.63) is 87.6 Å². The summed E-state index contributed by atoms with van der Waals surface area (Å²) in [5, 5.41) is 13.8. The molecule has 124 valence electrons. The topological polar surface area (TPSA) is 52.9 Å². The van der Waals surface area contributed by atoms with E-state index in [-0.39, 0.29) is 5.91 Å². The van der Waals surface area contributed by atoms with Crippen LogP contribution in [0.15, 0.2) is 70.9 Å². The first kappa shape index (κ1) is 17.3. The molecule has 0 aliphatic carbocycles. The summed E-state index contributed by atoms with van der Waals surface area (Å²) in [6.07, 6.45) is 0. The second-order valence-corrected chi connectivity index (χ2v) is 7.41. The Morgan fingerprint density at radius 2 is 1.88 bits per heavy atom. The molecular weight excluding hydrogens is 348 g/mol. The van der Waals surface area contributed by atoms with E-state index in [1.165, 1.54) is 4.88 Å². The van der Waals surface area contributed by atoms with E-state index in [4.69, 9.17) is 5.26 Å². The summed E-state index contributed by atoms with van der Waals surface area (Å²) < 4.78 is 0. The maximum atomic E-state index is 12.5. The van der Waals surface area contributed by atoms with Gasteiger partial charge in [0, 0.05) is 22.1 Å². The summed E-state index contributed by atoms with van der Waals surface area (Å²) in [5.41, 5.74) is 2.28. The zero-order chi connectivity index (χ0) is 17.5. The zero-order valence-corrected chi connectivity index (χ0v) is 15.1. The maximum Gasteiger partial charge on any atom is 0.252 e. The molecule has 0 saturated heterocycles. The number of hydrogen-bond donors (Lipinski definition) is 1. The Hall–Kier alpha value is -2.55. The highest BCUT2D eigenvalue weighted by atomic mass is 32.2. The lowest BCUT2D eigenvalue weighted by Crippen LogP contribution is -2.23. The van der Waals surface area contributed by atoms with Crippen molar-refractivity contribution in [1.29, 1.82) is 5.26 Å².